The van der Waals surface area contributed by atoms with Crippen molar-refractivity contribution in [1.82, 2.24) is 5.43 Å². The first-order chi connectivity index (χ1) is 8.54. The van der Waals surface area contributed by atoms with Crippen LogP contribution >= 0.6 is 27.3 Å². The minimum absolute atomic E-state index is 0.329. The molecule has 0 aliphatic heterocycles. The van der Waals surface area contributed by atoms with E-state index in [2.05, 4.69) is 21.4 Å². The molecule has 0 aliphatic rings. The lowest BCUT2D eigenvalue weighted by atomic mass is 9.99. The zero-order chi connectivity index (χ0) is 13.3. The second-order valence-corrected chi connectivity index (χ2v) is 5.50. The van der Waals surface area contributed by atoms with Crippen molar-refractivity contribution >= 4 is 27.3 Å². The number of hydrogen-bond acceptors (Lipinski definition) is 3. The maximum absolute atomic E-state index is 13.8. The van der Waals surface area contributed by atoms with E-state index in [0.29, 0.717) is 11.1 Å². The molecular formula is C12H11BrF2N2S. The summed E-state index contributed by atoms with van der Waals surface area (Å²) in [5.74, 6) is 4.32. The van der Waals surface area contributed by atoms with Crippen molar-refractivity contribution in [3.05, 3.63) is 55.7 Å². The van der Waals surface area contributed by atoms with E-state index in [4.69, 9.17) is 5.84 Å². The molecule has 0 saturated carbocycles. The Morgan fingerprint density at radius 1 is 1.22 bits per heavy atom. The first-order valence-electron chi connectivity index (χ1n) is 5.18. The molecule has 0 saturated heterocycles. The molecule has 1 atom stereocenters. The Morgan fingerprint density at radius 3 is 2.50 bits per heavy atom. The van der Waals surface area contributed by atoms with Gasteiger partial charge in [0, 0.05) is 21.5 Å². The molecule has 1 unspecified atom stereocenters. The highest BCUT2D eigenvalue weighted by Gasteiger charge is 2.21. The summed E-state index contributed by atoms with van der Waals surface area (Å²) in [6, 6.07) is 1.85. The standard InChI is InChI=1S/C12H11BrF2N2S/c1-6-2-7(11(15)3-10(6)14)12(17-16)8-4-18-5-9(8)13/h2-5,12,17H,16H2,1H3. The lowest BCUT2D eigenvalue weighted by Gasteiger charge is -2.17. The lowest BCUT2D eigenvalue weighted by Crippen LogP contribution is -2.29. The minimum Gasteiger partial charge on any atom is -0.271 e. The summed E-state index contributed by atoms with van der Waals surface area (Å²) in [6.45, 7) is 1.59. The van der Waals surface area contributed by atoms with Crippen LogP contribution in [0.15, 0.2) is 27.4 Å². The van der Waals surface area contributed by atoms with E-state index in [-0.39, 0.29) is 0 Å². The maximum atomic E-state index is 13.8. The highest BCUT2D eigenvalue weighted by Crippen LogP contribution is 2.33. The molecule has 0 radical (unpaired) electrons. The van der Waals surface area contributed by atoms with Crippen LogP contribution in [0.5, 0.6) is 0 Å². The zero-order valence-corrected chi connectivity index (χ0v) is 11.9. The predicted molar refractivity (Wildman–Crippen MR) is 72.3 cm³/mol. The smallest absolute Gasteiger partial charge is 0.131 e. The van der Waals surface area contributed by atoms with Crippen LogP contribution in [-0.2, 0) is 0 Å². The first kappa shape index (κ1) is 13.6. The van der Waals surface area contributed by atoms with E-state index in [1.54, 1.807) is 6.92 Å². The van der Waals surface area contributed by atoms with E-state index in [0.717, 1.165) is 16.1 Å². The molecule has 3 N–H and O–H groups in total. The van der Waals surface area contributed by atoms with Crippen LogP contribution in [-0.4, -0.2) is 0 Å². The van der Waals surface area contributed by atoms with E-state index in [1.807, 2.05) is 10.8 Å². The predicted octanol–water partition coefficient (Wildman–Crippen LogP) is 3.65. The Morgan fingerprint density at radius 2 is 1.94 bits per heavy atom. The molecule has 0 spiro atoms. The third-order valence-corrected chi connectivity index (χ3v) is 4.46. The normalized spacial score (nSPS) is 12.7. The summed E-state index contributed by atoms with van der Waals surface area (Å²) >= 11 is 4.86. The summed E-state index contributed by atoms with van der Waals surface area (Å²) < 4.78 is 27.9. The van der Waals surface area contributed by atoms with Crippen molar-refractivity contribution in [3.63, 3.8) is 0 Å². The molecule has 1 heterocycles. The van der Waals surface area contributed by atoms with Gasteiger partial charge < -0.3 is 0 Å². The van der Waals surface area contributed by atoms with Gasteiger partial charge in [-0.3, -0.25) is 5.84 Å². The Bertz CT molecular complexity index is 571. The van der Waals surface area contributed by atoms with Crippen LogP contribution in [0.25, 0.3) is 0 Å². The maximum Gasteiger partial charge on any atom is 0.131 e. The number of rotatable bonds is 3. The largest absolute Gasteiger partial charge is 0.271 e. The number of hydrogen-bond donors (Lipinski definition) is 2. The quantitative estimate of drug-likeness (QED) is 0.665. The average Bonchev–Trinajstić information content (AvgIpc) is 2.73. The molecule has 18 heavy (non-hydrogen) atoms. The molecule has 2 nitrogen and oxygen atoms in total. The highest BCUT2D eigenvalue weighted by atomic mass is 79.9. The number of thiophene rings is 1. The SMILES string of the molecule is Cc1cc(C(NN)c2cscc2Br)c(F)cc1F. The molecule has 0 fully saturated rings. The van der Waals surface area contributed by atoms with Crippen molar-refractivity contribution < 1.29 is 8.78 Å². The topological polar surface area (TPSA) is 38.0 Å². The molecule has 2 rings (SSSR count). The van der Waals surface area contributed by atoms with E-state index >= 15 is 0 Å². The van der Waals surface area contributed by atoms with Gasteiger partial charge in [-0.1, -0.05) is 0 Å². The molecule has 1 aromatic carbocycles. The van der Waals surface area contributed by atoms with E-state index in [1.165, 1.54) is 17.4 Å². The van der Waals surface area contributed by atoms with Gasteiger partial charge in [0.15, 0.2) is 0 Å². The van der Waals surface area contributed by atoms with Crippen LogP contribution in [0.2, 0.25) is 0 Å². The molecule has 2 aromatic rings. The van der Waals surface area contributed by atoms with Crippen LogP contribution in [0.4, 0.5) is 8.78 Å². The molecule has 0 bridgehead atoms. The Labute approximate surface area is 116 Å². The van der Waals surface area contributed by atoms with Crippen LogP contribution in [0.3, 0.4) is 0 Å². The number of nitrogens with one attached hydrogen (secondary N) is 1. The van der Waals surface area contributed by atoms with Crippen molar-refractivity contribution in [3.8, 4) is 0 Å². The summed E-state index contributed by atoms with van der Waals surface area (Å²) in [7, 11) is 0. The van der Waals surface area contributed by atoms with Gasteiger partial charge in [0.05, 0.1) is 6.04 Å². The summed E-state index contributed by atoms with van der Waals surface area (Å²) in [5.41, 5.74) is 4.11. The number of benzene rings is 1. The Hall–Kier alpha value is -0.820. The van der Waals surface area contributed by atoms with Gasteiger partial charge in [0.1, 0.15) is 11.6 Å². The fourth-order valence-electron chi connectivity index (χ4n) is 1.75. The summed E-state index contributed by atoms with van der Waals surface area (Å²) in [6.07, 6.45) is 0. The van der Waals surface area contributed by atoms with Crippen LogP contribution < -0.4 is 11.3 Å². The number of aryl methyl sites for hydroxylation is 1. The third-order valence-electron chi connectivity index (χ3n) is 2.71. The van der Waals surface area contributed by atoms with Crippen LogP contribution in [0.1, 0.15) is 22.7 Å². The molecule has 1 aromatic heterocycles. The zero-order valence-electron chi connectivity index (χ0n) is 9.51. The van der Waals surface area contributed by atoms with Gasteiger partial charge in [-0.2, -0.15) is 11.3 Å². The van der Waals surface area contributed by atoms with Gasteiger partial charge >= 0.3 is 0 Å². The Balaban J connectivity index is 2.52. The number of hydrazine groups is 1. The van der Waals surface area contributed by atoms with Crippen molar-refractivity contribution in [2.24, 2.45) is 5.84 Å². The van der Waals surface area contributed by atoms with Gasteiger partial charge in [-0.15, -0.1) is 0 Å². The minimum atomic E-state index is -0.612. The average molecular weight is 333 g/mol. The van der Waals surface area contributed by atoms with Crippen LogP contribution in [0, 0.1) is 18.6 Å². The number of halogens is 3. The second kappa shape index (κ2) is 5.44. The second-order valence-electron chi connectivity index (χ2n) is 3.90. The molecule has 0 amide bonds. The van der Waals surface area contributed by atoms with Gasteiger partial charge in [-0.05, 0) is 45.4 Å². The lowest BCUT2D eigenvalue weighted by molar-refractivity contribution is 0.538. The van der Waals surface area contributed by atoms with E-state index in [9.17, 15) is 8.78 Å². The van der Waals surface area contributed by atoms with Crippen molar-refractivity contribution in [2.75, 3.05) is 0 Å². The summed E-state index contributed by atoms with van der Waals surface area (Å²) in [4.78, 5) is 0. The molecule has 96 valence electrons. The summed E-state index contributed by atoms with van der Waals surface area (Å²) in [5, 5.41) is 3.75. The van der Waals surface area contributed by atoms with Gasteiger partial charge in [0.2, 0.25) is 0 Å². The van der Waals surface area contributed by atoms with E-state index < -0.39 is 17.7 Å². The fourth-order valence-corrected chi connectivity index (χ4v) is 3.30. The monoisotopic (exact) mass is 332 g/mol. The first-order valence-corrected chi connectivity index (χ1v) is 6.91. The van der Waals surface area contributed by atoms with Crippen molar-refractivity contribution in [2.45, 2.75) is 13.0 Å². The number of nitrogens with two attached hydrogens (primary N) is 1. The molecule has 6 heteroatoms. The fraction of sp³-hybridized carbons (Fsp3) is 0.167. The van der Waals surface area contributed by atoms with Gasteiger partial charge in [-0.25, -0.2) is 14.2 Å². The highest BCUT2D eigenvalue weighted by molar-refractivity contribution is 9.10. The third kappa shape index (κ3) is 2.47. The molecular weight excluding hydrogens is 322 g/mol. The van der Waals surface area contributed by atoms with Crippen molar-refractivity contribution in [1.29, 1.82) is 0 Å². The Kier molecular flexibility index (Phi) is 4.11. The van der Waals surface area contributed by atoms with Gasteiger partial charge in [0.25, 0.3) is 0 Å². The molecule has 0 aliphatic carbocycles.